The van der Waals surface area contributed by atoms with Crippen molar-refractivity contribution in [2.24, 2.45) is 0 Å². The molecule has 0 aromatic heterocycles. The first-order valence-electron chi connectivity index (χ1n) is 12.9. The number of nitrogens with zero attached hydrogens (tertiary/aromatic N) is 1. The van der Waals surface area contributed by atoms with Crippen LogP contribution in [0.1, 0.15) is 13.8 Å². The molecule has 0 aliphatic heterocycles. The van der Waals surface area contributed by atoms with Crippen LogP contribution in [0.4, 0.5) is 0 Å². The molecule has 0 unspecified atom stereocenters. The van der Waals surface area contributed by atoms with Gasteiger partial charge in [0, 0.05) is 32.8 Å². The van der Waals surface area contributed by atoms with Crippen molar-refractivity contribution in [2.45, 2.75) is 13.8 Å². The van der Waals surface area contributed by atoms with Gasteiger partial charge in [-0.05, 0) is 13.8 Å². The number of hydrogen-bond acceptors (Lipinski definition) is 11. The van der Waals surface area contributed by atoms with Crippen LogP contribution in [0.5, 0.6) is 0 Å². The Balaban J connectivity index is 3.85. The fraction of sp³-hybridized carbons (Fsp3) is 1.00. The van der Waals surface area contributed by atoms with E-state index in [4.69, 9.17) is 47.7 Å². The molecule has 0 rings (SSSR count). The van der Waals surface area contributed by atoms with Crippen LogP contribution in [0, 0.1) is 0 Å². The molecule has 0 heterocycles. The average Bonchev–Trinajstić information content (AvgIpc) is 2.87. The smallest absolute Gasteiger partial charge is 0.0701 e. The number of aliphatic hydroxyl groups is 1. The van der Waals surface area contributed by atoms with Gasteiger partial charge in [0.1, 0.15) is 0 Å². The summed E-state index contributed by atoms with van der Waals surface area (Å²) in [7, 11) is 0. The summed E-state index contributed by atoms with van der Waals surface area (Å²) in [4.78, 5) is 2.26. The predicted molar refractivity (Wildman–Crippen MR) is 132 cm³/mol. The van der Waals surface area contributed by atoms with Gasteiger partial charge in [-0.15, -0.1) is 0 Å². The van der Waals surface area contributed by atoms with Gasteiger partial charge in [-0.2, -0.15) is 0 Å². The molecule has 11 nitrogen and oxygen atoms in total. The molecular formula is C24H51NO10. The van der Waals surface area contributed by atoms with Crippen LogP contribution in [0.2, 0.25) is 0 Å². The van der Waals surface area contributed by atoms with E-state index in [9.17, 15) is 0 Å². The second kappa shape index (κ2) is 31.6. The fourth-order valence-corrected chi connectivity index (χ4v) is 2.69. The van der Waals surface area contributed by atoms with Crippen LogP contribution in [0.25, 0.3) is 0 Å². The van der Waals surface area contributed by atoms with E-state index in [0.29, 0.717) is 119 Å². The lowest BCUT2D eigenvalue weighted by Crippen LogP contribution is -2.34. The highest BCUT2D eigenvalue weighted by Gasteiger charge is 2.06. The zero-order valence-corrected chi connectivity index (χ0v) is 22.1. The highest BCUT2D eigenvalue weighted by Crippen LogP contribution is 1.93. The van der Waals surface area contributed by atoms with Gasteiger partial charge in [0.25, 0.3) is 0 Å². The Labute approximate surface area is 212 Å². The van der Waals surface area contributed by atoms with E-state index >= 15 is 0 Å². The summed E-state index contributed by atoms with van der Waals surface area (Å²) in [6, 6.07) is 0. The third-order valence-corrected chi connectivity index (χ3v) is 4.53. The van der Waals surface area contributed by atoms with Crippen molar-refractivity contribution >= 4 is 0 Å². The molecule has 0 aromatic carbocycles. The van der Waals surface area contributed by atoms with Crippen LogP contribution >= 0.6 is 0 Å². The van der Waals surface area contributed by atoms with Gasteiger partial charge in [-0.25, -0.2) is 0 Å². The Hall–Kier alpha value is -0.440. The quantitative estimate of drug-likeness (QED) is 0.131. The minimum absolute atomic E-state index is 0.0280. The van der Waals surface area contributed by atoms with E-state index in [1.54, 1.807) is 0 Å². The lowest BCUT2D eigenvalue weighted by molar-refractivity contribution is -0.00661. The molecule has 0 spiro atoms. The molecule has 1 N–H and O–H groups in total. The summed E-state index contributed by atoms with van der Waals surface area (Å²) in [5, 5.41) is 8.64. The number of rotatable bonds is 31. The predicted octanol–water partition coefficient (Wildman–Crippen LogP) is 0.470. The molecule has 35 heavy (non-hydrogen) atoms. The van der Waals surface area contributed by atoms with Crippen LogP contribution in [0.3, 0.4) is 0 Å². The third-order valence-electron chi connectivity index (χ3n) is 4.53. The lowest BCUT2D eigenvalue weighted by atomic mass is 10.4. The normalized spacial score (nSPS) is 11.7. The molecule has 0 bridgehead atoms. The van der Waals surface area contributed by atoms with Crippen molar-refractivity contribution in [3.63, 3.8) is 0 Å². The van der Waals surface area contributed by atoms with Crippen LogP contribution in [-0.4, -0.2) is 155 Å². The molecule has 0 saturated heterocycles. The summed E-state index contributed by atoms with van der Waals surface area (Å²) in [6.45, 7) is 16.6. The summed E-state index contributed by atoms with van der Waals surface area (Å²) >= 11 is 0. The van der Waals surface area contributed by atoms with Gasteiger partial charge in [-0.3, -0.25) is 4.90 Å². The minimum Gasteiger partial charge on any atom is -0.394 e. The Bertz CT molecular complexity index is 360. The first-order chi connectivity index (χ1) is 17.3. The molecule has 0 fully saturated rings. The fourth-order valence-electron chi connectivity index (χ4n) is 2.69. The first kappa shape index (κ1) is 34.6. The molecule has 0 atom stereocenters. The van der Waals surface area contributed by atoms with Crippen molar-refractivity contribution in [1.82, 2.24) is 4.90 Å². The monoisotopic (exact) mass is 513 g/mol. The van der Waals surface area contributed by atoms with Crippen molar-refractivity contribution in [3.8, 4) is 0 Å². The molecule has 0 aromatic rings. The van der Waals surface area contributed by atoms with Gasteiger partial charge >= 0.3 is 0 Å². The molecule has 0 aliphatic rings. The van der Waals surface area contributed by atoms with Crippen LogP contribution in [-0.2, 0) is 42.6 Å². The maximum Gasteiger partial charge on any atom is 0.0701 e. The van der Waals surface area contributed by atoms with Gasteiger partial charge in [-0.1, -0.05) is 0 Å². The Morgan fingerprint density at radius 3 is 0.914 bits per heavy atom. The van der Waals surface area contributed by atoms with E-state index in [-0.39, 0.29) is 6.61 Å². The largest absolute Gasteiger partial charge is 0.394 e. The summed E-state index contributed by atoms with van der Waals surface area (Å²) in [5.41, 5.74) is 0. The van der Waals surface area contributed by atoms with Gasteiger partial charge < -0.3 is 47.7 Å². The maximum absolute atomic E-state index is 8.64. The van der Waals surface area contributed by atoms with E-state index in [2.05, 4.69) is 4.90 Å². The third kappa shape index (κ3) is 29.7. The number of ether oxygens (including phenoxy) is 9. The standard InChI is InChI=1S/C24H51NO10/c1-3-27-13-15-33-21-17-29-9-5-25(6-10-30-18-22-34-16-14-28-4-2)7-11-31-19-23-35-24-20-32-12-8-26/h26H,3-24H2,1-2H3. The van der Waals surface area contributed by atoms with Crippen molar-refractivity contribution < 1.29 is 47.7 Å². The molecule has 0 amide bonds. The summed E-state index contributed by atoms with van der Waals surface area (Å²) < 4.78 is 49.0. The Morgan fingerprint density at radius 1 is 0.371 bits per heavy atom. The highest BCUT2D eigenvalue weighted by molar-refractivity contribution is 4.57. The SMILES string of the molecule is CCOCCOCCOCCN(CCOCCOCCOCC)CCOCCOCCOCCO. The average molecular weight is 514 g/mol. The van der Waals surface area contributed by atoms with E-state index in [1.807, 2.05) is 13.8 Å². The van der Waals surface area contributed by atoms with Gasteiger partial charge in [0.2, 0.25) is 0 Å². The molecule has 0 radical (unpaired) electrons. The number of hydrogen-bond donors (Lipinski definition) is 1. The van der Waals surface area contributed by atoms with E-state index < -0.39 is 0 Å². The van der Waals surface area contributed by atoms with Crippen LogP contribution in [0.15, 0.2) is 0 Å². The van der Waals surface area contributed by atoms with Crippen LogP contribution < -0.4 is 0 Å². The van der Waals surface area contributed by atoms with E-state index in [1.165, 1.54) is 0 Å². The van der Waals surface area contributed by atoms with Crippen molar-refractivity contribution in [3.05, 3.63) is 0 Å². The molecule has 11 heteroatoms. The molecule has 212 valence electrons. The minimum atomic E-state index is 0.0280. The van der Waals surface area contributed by atoms with Crippen molar-refractivity contribution in [1.29, 1.82) is 0 Å². The molecule has 0 aliphatic carbocycles. The Kier molecular flexibility index (Phi) is 31.2. The second-order valence-electron chi connectivity index (χ2n) is 7.25. The Morgan fingerprint density at radius 2 is 0.629 bits per heavy atom. The van der Waals surface area contributed by atoms with E-state index in [0.717, 1.165) is 19.6 Å². The zero-order valence-electron chi connectivity index (χ0n) is 22.1. The first-order valence-corrected chi connectivity index (χ1v) is 12.9. The highest BCUT2D eigenvalue weighted by atomic mass is 16.6. The summed E-state index contributed by atoms with van der Waals surface area (Å²) in [6.07, 6.45) is 0. The zero-order chi connectivity index (χ0) is 25.5. The second-order valence-corrected chi connectivity index (χ2v) is 7.25. The van der Waals surface area contributed by atoms with Gasteiger partial charge in [0.15, 0.2) is 0 Å². The summed E-state index contributed by atoms with van der Waals surface area (Å²) in [5.74, 6) is 0. The maximum atomic E-state index is 8.64. The number of aliphatic hydroxyl groups excluding tert-OH is 1. The van der Waals surface area contributed by atoms with Crippen molar-refractivity contribution in [2.75, 3.05) is 145 Å². The van der Waals surface area contributed by atoms with Gasteiger partial charge in [0.05, 0.1) is 112 Å². The molecular weight excluding hydrogens is 462 g/mol. The lowest BCUT2D eigenvalue weighted by Gasteiger charge is -2.22. The molecule has 0 saturated carbocycles. The topological polar surface area (TPSA) is 107 Å².